The van der Waals surface area contributed by atoms with Crippen molar-refractivity contribution in [1.82, 2.24) is 0 Å². The molecule has 102 valence electrons. The highest BCUT2D eigenvalue weighted by atomic mass is 32.2. The molecule has 1 aromatic rings. The molecular formula is C13H21NO3S. The van der Waals surface area contributed by atoms with E-state index in [9.17, 15) is 4.21 Å². The Balaban J connectivity index is 2.34. The molecule has 0 fully saturated rings. The van der Waals surface area contributed by atoms with E-state index in [-0.39, 0.29) is 0 Å². The number of nitrogens with two attached hydrogens (primary N) is 1. The second-order valence-electron chi connectivity index (χ2n) is 4.05. The SMILES string of the molecule is COCCCOCCS(=O)c1cc(C)ccc1N. The summed E-state index contributed by atoms with van der Waals surface area (Å²) in [4.78, 5) is 0.704. The van der Waals surface area contributed by atoms with Gasteiger partial charge in [0.1, 0.15) is 0 Å². The lowest BCUT2D eigenvalue weighted by Gasteiger charge is -2.07. The number of nitrogen functional groups attached to an aromatic ring is 1. The van der Waals surface area contributed by atoms with E-state index in [4.69, 9.17) is 15.2 Å². The summed E-state index contributed by atoms with van der Waals surface area (Å²) in [5.41, 5.74) is 7.46. The van der Waals surface area contributed by atoms with Gasteiger partial charge in [0.25, 0.3) is 0 Å². The lowest BCUT2D eigenvalue weighted by atomic mass is 10.2. The van der Waals surface area contributed by atoms with Crippen LogP contribution in [-0.4, -0.2) is 36.9 Å². The molecule has 0 spiro atoms. The zero-order chi connectivity index (χ0) is 13.4. The van der Waals surface area contributed by atoms with Crippen molar-refractivity contribution >= 4 is 16.5 Å². The highest BCUT2D eigenvalue weighted by Gasteiger charge is 2.08. The summed E-state index contributed by atoms with van der Waals surface area (Å²) in [7, 11) is 0.569. The van der Waals surface area contributed by atoms with Crippen LogP contribution >= 0.6 is 0 Å². The van der Waals surface area contributed by atoms with Crippen molar-refractivity contribution in [3.05, 3.63) is 23.8 Å². The second kappa shape index (κ2) is 8.24. The molecule has 0 amide bonds. The Morgan fingerprint density at radius 1 is 1.28 bits per heavy atom. The Morgan fingerprint density at radius 3 is 2.78 bits per heavy atom. The topological polar surface area (TPSA) is 61.5 Å². The zero-order valence-corrected chi connectivity index (χ0v) is 11.8. The Labute approximate surface area is 111 Å². The largest absolute Gasteiger partial charge is 0.398 e. The average molecular weight is 271 g/mol. The summed E-state index contributed by atoms with van der Waals surface area (Å²) < 4.78 is 22.3. The maximum atomic E-state index is 12.0. The maximum absolute atomic E-state index is 12.0. The molecule has 0 aliphatic rings. The molecule has 1 atom stereocenters. The summed E-state index contributed by atoms with van der Waals surface area (Å²) in [5, 5.41) is 0. The molecule has 0 bridgehead atoms. The summed E-state index contributed by atoms with van der Waals surface area (Å²) in [6, 6.07) is 5.58. The van der Waals surface area contributed by atoms with E-state index in [1.54, 1.807) is 13.2 Å². The zero-order valence-electron chi connectivity index (χ0n) is 11.0. The highest BCUT2D eigenvalue weighted by Crippen LogP contribution is 2.18. The first-order valence-corrected chi connectivity index (χ1v) is 7.28. The number of benzene rings is 1. The van der Waals surface area contributed by atoms with Crippen molar-refractivity contribution in [2.24, 2.45) is 0 Å². The smallest absolute Gasteiger partial charge is 0.0620 e. The quantitative estimate of drug-likeness (QED) is 0.578. The van der Waals surface area contributed by atoms with Gasteiger partial charge in [0.15, 0.2) is 0 Å². The van der Waals surface area contributed by atoms with Crippen LogP contribution in [-0.2, 0) is 20.3 Å². The lowest BCUT2D eigenvalue weighted by Crippen LogP contribution is -2.09. The average Bonchev–Trinajstić information content (AvgIpc) is 2.36. The van der Waals surface area contributed by atoms with Crippen molar-refractivity contribution < 1.29 is 13.7 Å². The molecule has 1 unspecified atom stereocenters. The van der Waals surface area contributed by atoms with Gasteiger partial charge < -0.3 is 15.2 Å². The Hall–Kier alpha value is -0.910. The van der Waals surface area contributed by atoms with Crippen LogP contribution in [0, 0.1) is 6.92 Å². The van der Waals surface area contributed by atoms with Crippen LogP contribution < -0.4 is 5.73 Å². The van der Waals surface area contributed by atoms with Crippen LogP contribution in [0.2, 0.25) is 0 Å². The van der Waals surface area contributed by atoms with Gasteiger partial charge in [-0.05, 0) is 31.0 Å². The van der Waals surface area contributed by atoms with E-state index < -0.39 is 10.8 Å². The van der Waals surface area contributed by atoms with Crippen LogP contribution in [0.3, 0.4) is 0 Å². The molecule has 0 aliphatic carbocycles. The third kappa shape index (κ3) is 5.16. The van der Waals surface area contributed by atoms with Crippen molar-refractivity contribution in [2.45, 2.75) is 18.2 Å². The molecule has 18 heavy (non-hydrogen) atoms. The predicted molar refractivity (Wildman–Crippen MR) is 74.2 cm³/mol. The van der Waals surface area contributed by atoms with Crippen LogP contribution in [0.25, 0.3) is 0 Å². The molecule has 0 aliphatic heterocycles. The van der Waals surface area contributed by atoms with Gasteiger partial charge in [0, 0.05) is 26.0 Å². The fourth-order valence-corrected chi connectivity index (χ4v) is 2.63. The summed E-state index contributed by atoms with van der Waals surface area (Å²) in [6.07, 6.45) is 0.857. The van der Waals surface area contributed by atoms with Gasteiger partial charge in [-0.25, -0.2) is 0 Å². The lowest BCUT2D eigenvalue weighted by molar-refractivity contribution is 0.112. The van der Waals surface area contributed by atoms with E-state index in [0.29, 0.717) is 36.2 Å². The van der Waals surface area contributed by atoms with Gasteiger partial charge in [-0.1, -0.05) is 6.07 Å². The summed E-state index contributed by atoms with van der Waals surface area (Å²) in [5.74, 6) is 0.473. The number of anilines is 1. The number of hydrogen-bond donors (Lipinski definition) is 1. The van der Waals surface area contributed by atoms with Gasteiger partial charge in [-0.2, -0.15) is 0 Å². The first-order chi connectivity index (χ1) is 8.65. The Kier molecular flexibility index (Phi) is 6.93. The second-order valence-corrected chi connectivity index (χ2v) is 5.59. The molecule has 4 nitrogen and oxygen atoms in total. The molecule has 1 rings (SSSR count). The highest BCUT2D eigenvalue weighted by molar-refractivity contribution is 7.85. The first kappa shape index (κ1) is 15.1. The van der Waals surface area contributed by atoms with E-state index >= 15 is 0 Å². The Morgan fingerprint density at radius 2 is 2.06 bits per heavy atom. The summed E-state index contributed by atoms with van der Waals surface area (Å²) >= 11 is 0. The molecular weight excluding hydrogens is 250 g/mol. The van der Waals surface area contributed by atoms with Gasteiger partial charge >= 0.3 is 0 Å². The molecule has 0 saturated carbocycles. The summed E-state index contributed by atoms with van der Waals surface area (Å²) in [6.45, 7) is 3.76. The van der Waals surface area contributed by atoms with Crippen LogP contribution in [0.4, 0.5) is 5.69 Å². The number of aryl methyl sites for hydroxylation is 1. The van der Waals surface area contributed by atoms with E-state index in [1.807, 2.05) is 19.1 Å². The van der Waals surface area contributed by atoms with Crippen molar-refractivity contribution in [3.63, 3.8) is 0 Å². The van der Waals surface area contributed by atoms with E-state index in [1.165, 1.54) is 0 Å². The molecule has 0 aromatic heterocycles. The fraction of sp³-hybridized carbons (Fsp3) is 0.538. The van der Waals surface area contributed by atoms with E-state index in [2.05, 4.69) is 0 Å². The number of ether oxygens (including phenoxy) is 2. The molecule has 0 radical (unpaired) electrons. The third-order valence-electron chi connectivity index (χ3n) is 2.46. The van der Waals surface area contributed by atoms with Crippen LogP contribution in [0.15, 0.2) is 23.1 Å². The van der Waals surface area contributed by atoms with Crippen molar-refractivity contribution in [2.75, 3.05) is 38.4 Å². The fourth-order valence-electron chi connectivity index (χ4n) is 1.49. The molecule has 0 saturated heterocycles. The maximum Gasteiger partial charge on any atom is 0.0620 e. The van der Waals surface area contributed by atoms with Crippen LogP contribution in [0.1, 0.15) is 12.0 Å². The van der Waals surface area contributed by atoms with Crippen LogP contribution in [0.5, 0.6) is 0 Å². The minimum atomic E-state index is -1.09. The number of rotatable bonds is 8. The normalized spacial score (nSPS) is 12.6. The van der Waals surface area contributed by atoms with E-state index in [0.717, 1.165) is 12.0 Å². The minimum absolute atomic E-state index is 0.473. The number of methoxy groups -OCH3 is 1. The predicted octanol–water partition coefficient (Wildman–Crippen LogP) is 1.74. The number of hydrogen-bond acceptors (Lipinski definition) is 4. The van der Waals surface area contributed by atoms with Gasteiger partial charge in [-0.3, -0.25) is 4.21 Å². The molecule has 0 heterocycles. The van der Waals surface area contributed by atoms with Gasteiger partial charge in [0.05, 0.1) is 28.1 Å². The molecule has 2 N–H and O–H groups in total. The molecule has 1 aromatic carbocycles. The Bertz CT molecular complexity index is 396. The standard InChI is InChI=1S/C13H21NO3S/c1-11-4-5-12(14)13(10-11)18(15)9-8-17-7-3-6-16-2/h4-5,10H,3,6-9,14H2,1-2H3. The van der Waals surface area contributed by atoms with Gasteiger partial charge in [-0.15, -0.1) is 0 Å². The van der Waals surface area contributed by atoms with Gasteiger partial charge in [0.2, 0.25) is 0 Å². The molecule has 5 heteroatoms. The van der Waals surface area contributed by atoms with Crippen molar-refractivity contribution in [3.8, 4) is 0 Å². The first-order valence-electron chi connectivity index (χ1n) is 5.96. The van der Waals surface area contributed by atoms with Crippen molar-refractivity contribution in [1.29, 1.82) is 0 Å². The monoisotopic (exact) mass is 271 g/mol. The minimum Gasteiger partial charge on any atom is -0.398 e. The third-order valence-corrected chi connectivity index (χ3v) is 3.85.